The minimum absolute atomic E-state index is 0.00831. The first kappa shape index (κ1) is 15.2. The number of nitrogens with zero attached hydrogens (tertiary/aromatic N) is 2. The predicted octanol–water partition coefficient (Wildman–Crippen LogP) is 2.15. The smallest absolute Gasteiger partial charge is 0.321 e. The number of nitro groups is 1. The highest BCUT2D eigenvalue weighted by Gasteiger charge is 2.22. The number of benzene rings is 1. The number of hydrogen-bond acceptors (Lipinski definition) is 4. The molecule has 0 saturated carbocycles. The van der Waals surface area contributed by atoms with E-state index in [0.717, 1.165) is 6.42 Å². The Kier molecular flexibility index (Phi) is 4.74. The third kappa shape index (κ3) is 3.69. The first-order valence-electron chi connectivity index (χ1n) is 7.02. The highest BCUT2D eigenvalue weighted by molar-refractivity contribution is 5.89. The fraction of sp³-hybridized carbons (Fsp3) is 0.500. The lowest BCUT2D eigenvalue weighted by Gasteiger charge is -2.30. The van der Waals surface area contributed by atoms with Crippen LogP contribution in [0.1, 0.15) is 25.3 Å². The van der Waals surface area contributed by atoms with Gasteiger partial charge in [-0.25, -0.2) is 4.79 Å². The Bertz CT molecular complexity index is 547. The SMILES string of the molecule is CCc1ccc(NC(=O)N2CCCC(O)C2)cc1[N+](=O)[O-]. The van der Waals surface area contributed by atoms with Crippen molar-refractivity contribution in [3.8, 4) is 0 Å². The molecule has 1 aromatic rings. The van der Waals surface area contributed by atoms with Gasteiger partial charge in [0, 0.05) is 30.4 Å². The Morgan fingerprint density at radius 3 is 2.95 bits per heavy atom. The largest absolute Gasteiger partial charge is 0.391 e. The fourth-order valence-corrected chi connectivity index (χ4v) is 2.45. The number of nitro benzene ring substituents is 1. The number of likely N-dealkylation sites (tertiary alicyclic amines) is 1. The molecule has 2 rings (SSSR count). The number of anilines is 1. The van der Waals surface area contributed by atoms with Crippen molar-refractivity contribution in [3.05, 3.63) is 33.9 Å². The summed E-state index contributed by atoms with van der Waals surface area (Å²) < 4.78 is 0. The summed E-state index contributed by atoms with van der Waals surface area (Å²) in [5, 5.41) is 23.2. The lowest BCUT2D eigenvalue weighted by Crippen LogP contribution is -2.44. The van der Waals surface area contributed by atoms with Crippen LogP contribution in [0.5, 0.6) is 0 Å². The number of aliphatic hydroxyl groups excluding tert-OH is 1. The number of β-amino-alcohol motifs (C(OH)–C–C–N with tert-alkyl or cyclic N) is 1. The maximum atomic E-state index is 12.1. The van der Waals surface area contributed by atoms with Crippen LogP contribution < -0.4 is 5.32 Å². The molecule has 0 spiro atoms. The van der Waals surface area contributed by atoms with Gasteiger partial charge in [-0.2, -0.15) is 0 Å². The van der Waals surface area contributed by atoms with Crippen LogP contribution in [0.3, 0.4) is 0 Å². The van der Waals surface area contributed by atoms with Crippen LogP contribution in [-0.2, 0) is 6.42 Å². The topological polar surface area (TPSA) is 95.7 Å². The van der Waals surface area contributed by atoms with E-state index in [0.29, 0.717) is 37.2 Å². The summed E-state index contributed by atoms with van der Waals surface area (Å²) in [4.78, 5) is 24.2. The number of urea groups is 1. The number of rotatable bonds is 3. The van der Waals surface area contributed by atoms with Gasteiger partial charge >= 0.3 is 6.03 Å². The van der Waals surface area contributed by atoms with Gasteiger partial charge in [0.05, 0.1) is 11.0 Å². The minimum atomic E-state index is -0.499. The maximum Gasteiger partial charge on any atom is 0.321 e. The van der Waals surface area contributed by atoms with Crippen LogP contribution in [0, 0.1) is 10.1 Å². The van der Waals surface area contributed by atoms with Crippen molar-refractivity contribution in [2.24, 2.45) is 0 Å². The molecule has 21 heavy (non-hydrogen) atoms. The number of amides is 2. The highest BCUT2D eigenvalue weighted by atomic mass is 16.6. The first-order chi connectivity index (χ1) is 10.0. The van der Waals surface area contributed by atoms with Gasteiger partial charge in [0.25, 0.3) is 5.69 Å². The molecule has 7 nitrogen and oxygen atoms in total. The summed E-state index contributed by atoms with van der Waals surface area (Å²) in [6.07, 6.45) is 1.51. The quantitative estimate of drug-likeness (QED) is 0.659. The number of hydrogen-bond donors (Lipinski definition) is 2. The third-order valence-corrected chi connectivity index (χ3v) is 3.60. The Morgan fingerprint density at radius 2 is 2.33 bits per heavy atom. The molecule has 7 heteroatoms. The summed E-state index contributed by atoms with van der Waals surface area (Å²) in [5.41, 5.74) is 1.03. The van der Waals surface area contributed by atoms with Gasteiger partial charge in [-0.1, -0.05) is 13.0 Å². The first-order valence-corrected chi connectivity index (χ1v) is 7.02. The summed E-state index contributed by atoms with van der Waals surface area (Å²) in [7, 11) is 0. The van der Waals surface area contributed by atoms with E-state index in [-0.39, 0.29) is 11.7 Å². The zero-order chi connectivity index (χ0) is 15.4. The van der Waals surface area contributed by atoms with Crippen LogP contribution in [0.25, 0.3) is 0 Å². The Balaban J connectivity index is 2.10. The van der Waals surface area contributed by atoms with E-state index < -0.39 is 11.0 Å². The van der Waals surface area contributed by atoms with Gasteiger partial charge in [0.15, 0.2) is 0 Å². The van der Waals surface area contributed by atoms with Crippen molar-refractivity contribution in [1.82, 2.24) is 4.90 Å². The van der Waals surface area contributed by atoms with E-state index in [1.54, 1.807) is 12.1 Å². The number of nitrogens with one attached hydrogen (secondary N) is 1. The summed E-state index contributed by atoms with van der Waals surface area (Å²) in [5.74, 6) is 0. The molecule has 1 atom stereocenters. The van der Waals surface area contributed by atoms with E-state index in [1.165, 1.54) is 11.0 Å². The molecule has 0 aliphatic carbocycles. The van der Waals surface area contributed by atoms with Gasteiger partial charge in [0.1, 0.15) is 0 Å². The summed E-state index contributed by atoms with van der Waals surface area (Å²) in [6.45, 7) is 2.72. The lowest BCUT2D eigenvalue weighted by atomic mass is 10.1. The number of piperidine rings is 1. The average Bonchev–Trinajstić information content (AvgIpc) is 2.47. The molecule has 1 heterocycles. The number of carbonyl (C=O) groups excluding carboxylic acids is 1. The second-order valence-electron chi connectivity index (χ2n) is 5.13. The Morgan fingerprint density at radius 1 is 1.57 bits per heavy atom. The predicted molar refractivity (Wildman–Crippen MR) is 78.3 cm³/mol. The molecule has 1 aromatic carbocycles. The number of aliphatic hydroxyl groups is 1. The summed E-state index contributed by atoms with van der Waals surface area (Å²) >= 11 is 0. The molecular formula is C14H19N3O4. The van der Waals surface area contributed by atoms with Crippen LogP contribution in [-0.4, -0.2) is 40.2 Å². The van der Waals surface area contributed by atoms with E-state index in [2.05, 4.69) is 5.32 Å². The van der Waals surface area contributed by atoms with Gasteiger partial charge in [-0.15, -0.1) is 0 Å². The van der Waals surface area contributed by atoms with Crippen molar-refractivity contribution < 1.29 is 14.8 Å². The minimum Gasteiger partial charge on any atom is -0.391 e. The van der Waals surface area contributed by atoms with Crippen LogP contribution in [0.4, 0.5) is 16.2 Å². The molecule has 1 aliphatic rings. The molecule has 2 N–H and O–H groups in total. The Labute approximate surface area is 122 Å². The van der Waals surface area contributed by atoms with Crippen LogP contribution >= 0.6 is 0 Å². The molecule has 114 valence electrons. The molecule has 0 bridgehead atoms. The van der Waals surface area contributed by atoms with E-state index in [1.807, 2.05) is 6.92 Å². The van der Waals surface area contributed by atoms with Gasteiger partial charge in [-0.3, -0.25) is 10.1 Å². The normalized spacial score (nSPS) is 18.4. The average molecular weight is 293 g/mol. The van der Waals surface area contributed by atoms with Crippen molar-refractivity contribution in [3.63, 3.8) is 0 Å². The molecule has 1 aliphatic heterocycles. The van der Waals surface area contributed by atoms with E-state index in [4.69, 9.17) is 0 Å². The standard InChI is InChI=1S/C14H19N3O4/c1-2-10-5-6-11(8-13(10)17(20)21)15-14(19)16-7-3-4-12(18)9-16/h5-6,8,12,18H,2-4,7,9H2,1H3,(H,15,19). The van der Waals surface area contributed by atoms with E-state index >= 15 is 0 Å². The second kappa shape index (κ2) is 6.53. The molecule has 0 aromatic heterocycles. The Hall–Kier alpha value is -2.15. The van der Waals surface area contributed by atoms with E-state index in [9.17, 15) is 20.0 Å². The summed E-state index contributed by atoms with van der Waals surface area (Å²) in [6, 6.07) is 4.34. The zero-order valence-corrected chi connectivity index (χ0v) is 11.9. The zero-order valence-electron chi connectivity index (χ0n) is 11.9. The fourth-order valence-electron chi connectivity index (χ4n) is 2.45. The van der Waals surface area contributed by atoms with Crippen molar-refractivity contribution in [1.29, 1.82) is 0 Å². The molecule has 1 fully saturated rings. The second-order valence-corrected chi connectivity index (χ2v) is 5.13. The maximum absolute atomic E-state index is 12.1. The molecule has 1 unspecified atom stereocenters. The van der Waals surface area contributed by atoms with Crippen molar-refractivity contribution in [2.45, 2.75) is 32.3 Å². The van der Waals surface area contributed by atoms with Crippen LogP contribution in [0.2, 0.25) is 0 Å². The van der Waals surface area contributed by atoms with Gasteiger partial charge in [0.2, 0.25) is 0 Å². The molecular weight excluding hydrogens is 274 g/mol. The van der Waals surface area contributed by atoms with Crippen molar-refractivity contribution >= 4 is 17.4 Å². The number of carbonyl (C=O) groups is 1. The highest BCUT2D eigenvalue weighted by Crippen LogP contribution is 2.24. The molecule has 0 radical (unpaired) electrons. The third-order valence-electron chi connectivity index (χ3n) is 3.60. The van der Waals surface area contributed by atoms with Crippen molar-refractivity contribution in [2.75, 3.05) is 18.4 Å². The van der Waals surface area contributed by atoms with Crippen LogP contribution in [0.15, 0.2) is 18.2 Å². The lowest BCUT2D eigenvalue weighted by molar-refractivity contribution is -0.385. The molecule has 1 saturated heterocycles. The number of aryl methyl sites for hydroxylation is 1. The van der Waals surface area contributed by atoms with Gasteiger partial charge in [-0.05, 0) is 25.3 Å². The van der Waals surface area contributed by atoms with Gasteiger partial charge < -0.3 is 15.3 Å². The molecule has 2 amide bonds. The monoisotopic (exact) mass is 293 g/mol.